The molecule has 168 valence electrons. The van der Waals surface area contributed by atoms with E-state index < -0.39 is 22.5 Å². The maximum Gasteiger partial charge on any atom is 0.387 e. The minimum Gasteiger partial charge on any atom is -0.435 e. The number of carbonyl (C=O) groups excluding carboxylic acids is 1. The Labute approximate surface area is 183 Å². The van der Waals surface area contributed by atoms with Crippen LogP contribution in [0, 0.1) is 5.82 Å². The van der Waals surface area contributed by atoms with Crippen molar-refractivity contribution in [1.82, 2.24) is 5.32 Å². The lowest BCUT2D eigenvalue weighted by atomic mass is 10.1. The van der Waals surface area contributed by atoms with Crippen molar-refractivity contribution in [2.45, 2.75) is 24.5 Å². The Kier molecular flexibility index (Phi) is 7.37. The molecule has 0 aliphatic heterocycles. The Morgan fingerprint density at radius 1 is 0.875 bits per heavy atom. The van der Waals surface area contributed by atoms with E-state index in [9.17, 15) is 26.4 Å². The van der Waals surface area contributed by atoms with Gasteiger partial charge in [-0.1, -0.05) is 24.3 Å². The van der Waals surface area contributed by atoms with Gasteiger partial charge in [0.15, 0.2) is 0 Å². The highest BCUT2D eigenvalue weighted by Crippen LogP contribution is 2.18. The van der Waals surface area contributed by atoms with E-state index >= 15 is 0 Å². The Morgan fingerprint density at radius 3 is 2.06 bits per heavy atom. The number of sulfonamides is 1. The first-order chi connectivity index (χ1) is 15.2. The number of anilines is 1. The molecule has 0 aliphatic carbocycles. The van der Waals surface area contributed by atoms with Crippen molar-refractivity contribution in [3.63, 3.8) is 0 Å². The monoisotopic (exact) mass is 464 g/mol. The van der Waals surface area contributed by atoms with Gasteiger partial charge in [0, 0.05) is 12.2 Å². The summed E-state index contributed by atoms with van der Waals surface area (Å²) < 4.78 is 68.6. The molecule has 3 aromatic rings. The Balaban J connectivity index is 1.51. The zero-order valence-electron chi connectivity index (χ0n) is 16.6. The van der Waals surface area contributed by atoms with Crippen LogP contribution in [0.1, 0.15) is 11.1 Å². The molecule has 0 bridgehead atoms. The molecule has 10 heteroatoms. The third-order valence-electron chi connectivity index (χ3n) is 4.33. The summed E-state index contributed by atoms with van der Waals surface area (Å²) in [6.45, 7) is -2.69. The van der Waals surface area contributed by atoms with Crippen LogP contribution in [-0.2, 0) is 27.8 Å². The van der Waals surface area contributed by atoms with Crippen molar-refractivity contribution in [2.24, 2.45) is 0 Å². The predicted molar refractivity (Wildman–Crippen MR) is 112 cm³/mol. The number of hydrogen-bond donors (Lipinski definition) is 2. The zero-order valence-corrected chi connectivity index (χ0v) is 17.4. The van der Waals surface area contributed by atoms with Gasteiger partial charge >= 0.3 is 6.61 Å². The van der Waals surface area contributed by atoms with Gasteiger partial charge in [0.05, 0.1) is 11.3 Å². The molecule has 0 radical (unpaired) electrons. The number of alkyl halides is 2. The number of ether oxygens (including phenoxy) is 1. The molecule has 0 saturated heterocycles. The Hall–Kier alpha value is -3.53. The van der Waals surface area contributed by atoms with E-state index in [1.54, 1.807) is 24.3 Å². The summed E-state index contributed by atoms with van der Waals surface area (Å²) in [7, 11) is -3.86. The van der Waals surface area contributed by atoms with Crippen LogP contribution in [0.2, 0.25) is 0 Å². The number of nitrogens with one attached hydrogen (secondary N) is 2. The molecule has 0 unspecified atom stereocenters. The highest BCUT2D eigenvalue weighted by atomic mass is 32.2. The molecule has 0 atom stereocenters. The number of benzene rings is 3. The van der Waals surface area contributed by atoms with Gasteiger partial charge in [0.2, 0.25) is 5.91 Å². The van der Waals surface area contributed by atoms with E-state index in [4.69, 9.17) is 0 Å². The van der Waals surface area contributed by atoms with E-state index in [0.29, 0.717) is 16.8 Å². The minimum atomic E-state index is -3.86. The number of amides is 1. The fourth-order valence-electron chi connectivity index (χ4n) is 2.76. The number of hydrogen-bond acceptors (Lipinski definition) is 4. The highest BCUT2D eigenvalue weighted by Gasteiger charge is 2.14. The maximum atomic E-state index is 13.0. The number of halogens is 3. The molecule has 1 amide bonds. The molecule has 0 aromatic heterocycles. The summed E-state index contributed by atoms with van der Waals surface area (Å²) >= 11 is 0. The van der Waals surface area contributed by atoms with Crippen molar-refractivity contribution in [3.05, 3.63) is 89.7 Å². The molecule has 2 N–H and O–H groups in total. The summed E-state index contributed by atoms with van der Waals surface area (Å²) in [6, 6.07) is 16.6. The highest BCUT2D eigenvalue weighted by molar-refractivity contribution is 7.92. The minimum absolute atomic E-state index is 0.0326. The average molecular weight is 464 g/mol. The summed E-state index contributed by atoms with van der Waals surface area (Å²) in [5, 5.41) is 2.72. The normalized spacial score (nSPS) is 11.2. The second kappa shape index (κ2) is 10.2. The van der Waals surface area contributed by atoms with E-state index in [-0.39, 0.29) is 29.5 Å². The number of rotatable bonds is 9. The van der Waals surface area contributed by atoms with Crippen LogP contribution in [0.3, 0.4) is 0 Å². The molecule has 3 rings (SSSR count). The molecule has 0 heterocycles. The summed E-state index contributed by atoms with van der Waals surface area (Å²) in [5.74, 6) is -0.771. The topological polar surface area (TPSA) is 84.5 Å². The van der Waals surface area contributed by atoms with Gasteiger partial charge in [-0.3, -0.25) is 9.52 Å². The molecule has 32 heavy (non-hydrogen) atoms. The van der Waals surface area contributed by atoms with Crippen molar-refractivity contribution < 1.29 is 31.1 Å². The maximum absolute atomic E-state index is 13.0. The third-order valence-corrected chi connectivity index (χ3v) is 5.73. The standard InChI is InChI=1S/C22H19F3N2O4S/c23-17-5-11-20(12-6-17)32(29,30)27-18-7-1-15(2-8-18)13-21(28)26-14-16-3-9-19(10-4-16)31-22(24)25/h1-12,22,27H,13-14H2,(H,26,28). The van der Waals surface area contributed by atoms with Gasteiger partial charge < -0.3 is 10.1 Å². The lowest BCUT2D eigenvalue weighted by Gasteiger charge is -2.10. The Morgan fingerprint density at radius 2 is 1.47 bits per heavy atom. The zero-order chi connectivity index (χ0) is 23.1. The first-order valence-corrected chi connectivity index (χ1v) is 10.9. The number of carbonyl (C=O) groups is 1. The van der Waals surface area contributed by atoms with E-state index in [0.717, 1.165) is 24.3 Å². The second-order valence-electron chi connectivity index (χ2n) is 6.73. The van der Waals surface area contributed by atoms with Crippen LogP contribution >= 0.6 is 0 Å². The smallest absolute Gasteiger partial charge is 0.387 e. The van der Waals surface area contributed by atoms with Crippen LogP contribution in [0.25, 0.3) is 0 Å². The fourth-order valence-corrected chi connectivity index (χ4v) is 3.81. The van der Waals surface area contributed by atoms with E-state index in [2.05, 4.69) is 14.8 Å². The molecule has 0 aliphatic rings. The summed E-state index contributed by atoms with van der Waals surface area (Å²) in [4.78, 5) is 12.1. The van der Waals surface area contributed by atoms with Crippen molar-refractivity contribution >= 4 is 21.6 Å². The van der Waals surface area contributed by atoms with Crippen LogP contribution in [-0.4, -0.2) is 20.9 Å². The molecule has 3 aromatic carbocycles. The molecule has 0 saturated carbocycles. The largest absolute Gasteiger partial charge is 0.435 e. The van der Waals surface area contributed by atoms with Crippen LogP contribution < -0.4 is 14.8 Å². The molecule has 0 spiro atoms. The third kappa shape index (κ3) is 6.74. The van der Waals surface area contributed by atoms with Gasteiger partial charge in [-0.05, 0) is 59.7 Å². The van der Waals surface area contributed by atoms with Crippen molar-refractivity contribution in [2.75, 3.05) is 4.72 Å². The van der Waals surface area contributed by atoms with Gasteiger partial charge in [-0.2, -0.15) is 8.78 Å². The second-order valence-corrected chi connectivity index (χ2v) is 8.41. The van der Waals surface area contributed by atoms with Gasteiger partial charge in [0.25, 0.3) is 10.0 Å². The van der Waals surface area contributed by atoms with E-state index in [1.807, 2.05) is 0 Å². The molecular weight excluding hydrogens is 445 g/mol. The molecule has 0 fully saturated rings. The molecule has 6 nitrogen and oxygen atoms in total. The molecular formula is C22H19F3N2O4S. The first kappa shape index (κ1) is 23.1. The summed E-state index contributed by atoms with van der Waals surface area (Å²) in [6.07, 6.45) is 0.0670. The van der Waals surface area contributed by atoms with Gasteiger partial charge in [-0.25, -0.2) is 12.8 Å². The van der Waals surface area contributed by atoms with Gasteiger partial charge in [0.1, 0.15) is 11.6 Å². The van der Waals surface area contributed by atoms with E-state index in [1.165, 1.54) is 24.3 Å². The quantitative estimate of drug-likeness (QED) is 0.500. The fraction of sp³-hybridized carbons (Fsp3) is 0.136. The average Bonchev–Trinajstić information content (AvgIpc) is 2.74. The SMILES string of the molecule is O=C(Cc1ccc(NS(=O)(=O)c2ccc(F)cc2)cc1)NCc1ccc(OC(F)F)cc1. The van der Waals surface area contributed by atoms with Crippen LogP contribution in [0.4, 0.5) is 18.9 Å². The van der Waals surface area contributed by atoms with Gasteiger partial charge in [-0.15, -0.1) is 0 Å². The predicted octanol–water partition coefficient (Wildman–Crippen LogP) is 4.09. The van der Waals surface area contributed by atoms with Crippen LogP contribution in [0.5, 0.6) is 5.75 Å². The lowest BCUT2D eigenvalue weighted by molar-refractivity contribution is -0.120. The lowest BCUT2D eigenvalue weighted by Crippen LogP contribution is -2.24. The summed E-state index contributed by atoms with van der Waals surface area (Å²) in [5.41, 5.74) is 1.67. The van der Waals surface area contributed by atoms with Crippen molar-refractivity contribution in [1.29, 1.82) is 0 Å². The first-order valence-electron chi connectivity index (χ1n) is 9.39. The van der Waals surface area contributed by atoms with Crippen LogP contribution in [0.15, 0.2) is 77.7 Å². The van der Waals surface area contributed by atoms with Crippen molar-refractivity contribution in [3.8, 4) is 5.75 Å². The Bertz CT molecular complexity index is 1150.